The number of carbonyl (C=O) groups excluding carboxylic acids is 1. The SMILES string of the molecule is CCO[13C](=O)c1[nH]cc(-c2ccc([N+](=O)[O-])cc2)c1C. The summed E-state index contributed by atoms with van der Waals surface area (Å²) in [5, 5.41) is 10.6. The number of non-ortho nitro benzene ring substituents is 1. The number of hydrogen-bond acceptors (Lipinski definition) is 4. The second-order valence-electron chi connectivity index (χ2n) is 4.23. The van der Waals surface area contributed by atoms with E-state index in [0.717, 1.165) is 16.7 Å². The van der Waals surface area contributed by atoms with Crippen molar-refractivity contribution >= 4 is 11.7 Å². The molecule has 1 heterocycles. The minimum absolute atomic E-state index is 0.0348. The van der Waals surface area contributed by atoms with Crippen LogP contribution in [0.5, 0.6) is 0 Å². The van der Waals surface area contributed by atoms with Gasteiger partial charge in [-0.2, -0.15) is 0 Å². The molecule has 0 aliphatic heterocycles. The van der Waals surface area contributed by atoms with Crippen LogP contribution in [-0.4, -0.2) is 22.5 Å². The second kappa shape index (κ2) is 5.56. The van der Waals surface area contributed by atoms with E-state index in [1.165, 1.54) is 12.1 Å². The first-order valence-electron chi connectivity index (χ1n) is 6.14. The van der Waals surface area contributed by atoms with Crippen molar-refractivity contribution in [2.75, 3.05) is 6.61 Å². The molecule has 0 unspecified atom stereocenters. The number of benzene rings is 1. The van der Waals surface area contributed by atoms with Crippen LogP contribution in [0.25, 0.3) is 11.1 Å². The molecule has 2 aromatic rings. The lowest BCUT2D eigenvalue weighted by molar-refractivity contribution is -0.384. The van der Waals surface area contributed by atoms with Crippen molar-refractivity contribution in [1.82, 2.24) is 4.98 Å². The van der Waals surface area contributed by atoms with Crippen LogP contribution in [0.3, 0.4) is 0 Å². The lowest BCUT2D eigenvalue weighted by atomic mass is 10.0. The number of rotatable bonds is 4. The zero-order valence-corrected chi connectivity index (χ0v) is 11.2. The number of carbonyl (C=O) groups is 1. The number of aromatic nitrogens is 1. The highest BCUT2D eigenvalue weighted by Gasteiger charge is 2.16. The number of ether oxygens (including phenoxy) is 1. The van der Waals surface area contributed by atoms with Gasteiger partial charge in [0.2, 0.25) is 0 Å². The summed E-state index contributed by atoms with van der Waals surface area (Å²) in [5.41, 5.74) is 2.83. The average Bonchev–Trinajstić information content (AvgIpc) is 2.81. The third-order valence-corrected chi connectivity index (χ3v) is 3.01. The molecule has 6 heteroatoms. The normalized spacial score (nSPS) is 10.3. The molecule has 104 valence electrons. The van der Waals surface area contributed by atoms with Crippen molar-refractivity contribution in [2.24, 2.45) is 0 Å². The van der Waals surface area contributed by atoms with Gasteiger partial charge in [0, 0.05) is 23.9 Å². The van der Waals surface area contributed by atoms with Crippen LogP contribution < -0.4 is 0 Å². The number of nitrogens with zero attached hydrogens (tertiary/aromatic N) is 1. The van der Waals surface area contributed by atoms with Crippen molar-refractivity contribution in [3.63, 3.8) is 0 Å². The molecule has 0 aliphatic carbocycles. The predicted molar refractivity (Wildman–Crippen MR) is 73.6 cm³/mol. The lowest BCUT2D eigenvalue weighted by Gasteiger charge is -2.02. The number of hydrogen-bond donors (Lipinski definition) is 1. The summed E-state index contributed by atoms with van der Waals surface area (Å²) in [6.45, 7) is 3.86. The van der Waals surface area contributed by atoms with E-state index >= 15 is 0 Å². The molecule has 0 saturated carbocycles. The molecule has 1 aromatic carbocycles. The van der Waals surface area contributed by atoms with Gasteiger partial charge in [-0.1, -0.05) is 0 Å². The van der Waals surface area contributed by atoms with Crippen LogP contribution in [0.4, 0.5) is 5.69 Å². The standard InChI is InChI=1S/C14H14N2O4/c1-3-20-14(17)13-9(2)12(8-15-13)10-4-6-11(7-5-10)16(18)19/h4-8,15H,3H2,1-2H3/i14+1. The van der Waals surface area contributed by atoms with E-state index in [4.69, 9.17) is 4.74 Å². The first-order valence-corrected chi connectivity index (χ1v) is 6.14. The molecule has 0 radical (unpaired) electrons. The smallest absolute Gasteiger partial charge is 0.355 e. The van der Waals surface area contributed by atoms with Gasteiger partial charge in [0.15, 0.2) is 0 Å². The molecule has 1 aromatic heterocycles. The van der Waals surface area contributed by atoms with Gasteiger partial charge in [0.25, 0.3) is 5.69 Å². The Balaban J connectivity index is 2.34. The molecule has 0 aliphatic rings. The lowest BCUT2D eigenvalue weighted by Crippen LogP contribution is -2.06. The fourth-order valence-corrected chi connectivity index (χ4v) is 1.97. The number of esters is 1. The molecule has 0 fully saturated rings. The Kier molecular flexibility index (Phi) is 3.84. The van der Waals surface area contributed by atoms with E-state index in [1.807, 2.05) is 0 Å². The zero-order chi connectivity index (χ0) is 14.7. The Morgan fingerprint density at radius 1 is 1.35 bits per heavy atom. The molecule has 0 amide bonds. The fraction of sp³-hybridized carbons (Fsp3) is 0.214. The third kappa shape index (κ3) is 2.54. The van der Waals surface area contributed by atoms with E-state index in [0.29, 0.717) is 12.3 Å². The molecule has 6 nitrogen and oxygen atoms in total. The summed E-state index contributed by atoms with van der Waals surface area (Å²) in [5.74, 6) is -0.404. The van der Waals surface area contributed by atoms with Crippen molar-refractivity contribution in [3.8, 4) is 11.1 Å². The van der Waals surface area contributed by atoms with Crippen molar-refractivity contribution < 1.29 is 14.5 Å². The van der Waals surface area contributed by atoms with Crippen LogP contribution in [-0.2, 0) is 4.74 Å². The summed E-state index contributed by atoms with van der Waals surface area (Å²) < 4.78 is 4.95. The monoisotopic (exact) mass is 275 g/mol. The van der Waals surface area contributed by atoms with Crippen LogP contribution in [0.2, 0.25) is 0 Å². The Bertz CT molecular complexity index is 644. The maximum atomic E-state index is 11.7. The molecular formula is C14H14N2O4. The van der Waals surface area contributed by atoms with Gasteiger partial charge in [-0.3, -0.25) is 10.1 Å². The van der Waals surface area contributed by atoms with Crippen LogP contribution in [0.1, 0.15) is 23.0 Å². The molecule has 1 N–H and O–H groups in total. The highest BCUT2D eigenvalue weighted by molar-refractivity contribution is 5.92. The number of nitro groups is 1. The van der Waals surface area contributed by atoms with E-state index < -0.39 is 10.9 Å². The number of aromatic amines is 1. The molecule has 20 heavy (non-hydrogen) atoms. The Morgan fingerprint density at radius 2 is 2.00 bits per heavy atom. The topological polar surface area (TPSA) is 85.2 Å². The molecule has 0 bridgehead atoms. The minimum Gasteiger partial charge on any atom is -0.461 e. The van der Waals surface area contributed by atoms with Crippen molar-refractivity contribution in [1.29, 1.82) is 0 Å². The summed E-state index contributed by atoms with van der Waals surface area (Å²) in [6, 6.07) is 6.18. The largest absolute Gasteiger partial charge is 0.461 e. The summed E-state index contributed by atoms with van der Waals surface area (Å²) in [7, 11) is 0. The fourth-order valence-electron chi connectivity index (χ4n) is 1.97. The van der Waals surface area contributed by atoms with E-state index in [-0.39, 0.29) is 5.69 Å². The molecule has 0 atom stereocenters. The first kappa shape index (κ1) is 13.8. The summed E-state index contributed by atoms with van der Waals surface area (Å²) in [6.07, 6.45) is 1.70. The minimum atomic E-state index is -0.447. The third-order valence-electron chi connectivity index (χ3n) is 3.01. The van der Waals surface area contributed by atoms with Gasteiger partial charge in [0.05, 0.1) is 11.5 Å². The Labute approximate surface area is 115 Å². The Hall–Kier alpha value is -2.63. The second-order valence-corrected chi connectivity index (χ2v) is 4.23. The van der Waals surface area contributed by atoms with Crippen LogP contribution >= 0.6 is 0 Å². The Morgan fingerprint density at radius 3 is 2.55 bits per heavy atom. The number of nitrogens with one attached hydrogen (secondary N) is 1. The molecular weight excluding hydrogens is 261 g/mol. The summed E-state index contributed by atoms with van der Waals surface area (Å²) >= 11 is 0. The molecule has 2 rings (SSSR count). The number of nitro benzene ring substituents is 1. The van der Waals surface area contributed by atoms with E-state index in [1.54, 1.807) is 32.2 Å². The van der Waals surface area contributed by atoms with Crippen LogP contribution in [0.15, 0.2) is 30.5 Å². The predicted octanol–water partition coefficient (Wildman–Crippen LogP) is 3.08. The van der Waals surface area contributed by atoms with Crippen LogP contribution in [0, 0.1) is 17.0 Å². The summed E-state index contributed by atoms with van der Waals surface area (Å²) in [4.78, 5) is 24.8. The highest BCUT2D eigenvalue weighted by Crippen LogP contribution is 2.27. The van der Waals surface area contributed by atoms with E-state index in [2.05, 4.69) is 4.98 Å². The highest BCUT2D eigenvalue weighted by atomic mass is 16.6. The van der Waals surface area contributed by atoms with Gasteiger partial charge in [-0.05, 0) is 37.1 Å². The zero-order valence-electron chi connectivity index (χ0n) is 11.2. The van der Waals surface area contributed by atoms with Gasteiger partial charge in [-0.25, -0.2) is 4.79 Å². The van der Waals surface area contributed by atoms with Crippen molar-refractivity contribution in [2.45, 2.75) is 13.8 Å². The maximum Gasteiger partial charge on any atom is 0.355 e. The molecule has 0 saturated heterocycles. The van der Waals surface area contributed by atoms with Gasteiger partial charge in [0.1, 0.15) is 5.69 Å². The number of H-pyrrole nitrogens is 1. The average molecular weight is 275 g/mol. The van der Waals surface area contributed by atoms with Gasteiger partial charge >= 0.3 is 5.97 Å². The van der Waals surface area contributed by atoms with Gasteiger partial charge in [-0.15, -0.1) is 0 Å². The quantitative estimate of drug-likeness (QED) is 0.402. The van der Waals surface area contributed by atoms with Gasteiger partial charge < -0.3 is 9.72 Å². The first-order chi connectivity index (χ1) is 9.54. The maximum absolute atomic E-state index is 11.7. The van der Waals surface area contributed by atoms with Crippen molar-refractivity contribution in [3.05, 3.63) is 51.8 Å². The molecule has 0 spiro atoms. The van der Waals surface area contributed by atoms with E-state index in [9.17, 15) is 14.9 Å².